The van der Waals surface area contributed by atoms with Gasteiger partial charge in [0.2, 0.25) is 4.90 Å². The van der Waals surface area contributed by atoms with E-state index in [0.717, 1.165) is 30.7 Å². The average Bonchev–Trinajstić information content (AvgIpc) is 2.53. The van der Waals surface area contributed by atoms with E-state index in [1.54, 1.807) is 10.8 Å². The third-order valence-electron chi connectivity index (χ3n) is 4.55. The summed E-state index contributed by atoms with van der Waals surface area (Å²) in [5, 5.41) is 0. The summed E-state index contributed by atoms with van der Waals surface area (Å²) in [6, 6.07) is 8.10. The van der Waals surface area contributed by atoms with Gasteiger partial charge in [-0.15, -0.1) is 0 Å². The third-order valence-corrected chi connectivity index (χ3v) is 5.49. The predicted octanol–water partition coefficient (Wildman–Crippen LogP) is 3.28. The van der Waals surface area contributed by atoms with Crippen LogP contribution in [0.2, 0.25) is 0 Å². The maximum Gasteiger partial charge on any atom is 0.309 e. The van der Waals surface area contributed by atoms with Crippen molar-refractivity contribution >= 4 is 11.2 Å². The van der Waals surface area contributed by atoms with Crippen molar-refractivity contribution in [1.29, 1.82) is 0 Å². The highest BCUT2D eigenvalue weighted by Gasteiger charge is 2.26. The lowest BCUT2D eigenvalue weighted by atomic mass is 9.86. The molecule has 128 valence electrons. The first-order valence-corrected chi connectivity index (χ1v) is 9.93. The largest absolute Gasteiger partial charge is 0.611 e. The summed E-state index contributed by atoms with van der Waals surface area (Å²) in [4.78, 5) is 17.9. The van der Waals surface area contributed by atoms with Crippen molar-refractivity contribution in [3.8, 4) is 11.3 Å². The molecular formula is C19H24N2O2S. The number of hydrogen-bond donors (Lipinski definition) is 0. The van der Waals surface area contributed by atoms with E-state index in [1.807, 2.05) is 12.1 Å². The van der Waals surface area contributed by atoms with Crippen molar-refractivity contribution in [3.63, 3.8) is 0 Å². The Bertz CT molecular complexity index is 802. The SMILES string of the molecule is C[S+]([O-])c1c(-c2ccc(C(C)(C)C)cc2)nc2n(c1=O)CCCC2. The minimum absolute atomic E-state index is 0.0672. The number of nitrogens with zero attached hydrogens (tertiary/aromatic N) is 2. The van der Waals surface area contributed by atoms with Crippen LogP contribution in [0.25, 0.3) is 11.3 Å². The zero-order chi connectivity index (χ0) is 17.5. The Labute approximate surface area is 146 Å². The quantitative estimate of drug-likeness (QED) is 0.786. The van der Waals surface area contributed by atoms with E-state index in [9.17, 15) is 9.35 Å². The Hall–Kier alpha value is -1.59. The molecule has 5 heteroatoms. The molecule has 0 fully saturated rings. The van der Waals surface area contributed by atoms with Crippen LogP contribution in [-0.2, 0) is 29.6 Å². The van der Waals surface area contributed by atoms with Crippen LogP contribution in [-0.4, -0.2) is 20.4 Å². The van der Waals surface area contributed by atoms with Crippen molar-refractivity contribution in [1.82, 2.24) is 9.55 Å². The summed E-state index contributed by atoms with van der Waals surface area (Å²) < 4.78 is 13.9. The highest BCUT2D eigenvalue weighted by atomic mass is 32.2. The highest BCUT2D eigenvalue weighted by molar-refractivity contribution is 7.90. The van der Waals surface area contributed by atoms with Crippen LogP contribution in [0.5, 0.6) is 0 Å². The second-order valence-corrected chi connectivity index (χ2v) is 8.72. The minimum Gasteiger partial charge on any atom is -0.611 e. The first-order valence-electron chi connectivity index (χ1n) is 8.37. The second kappa shape index (κ2) is 6.37. The monoisotopic (exact) mass is 344 g/mol. The average molecular weight is 344 g/mol. The summed E-state index contributed by atoms with van der Waals surface area (Å²) in [5.74, 6) is 0.815. The Morgan fingerprint density at radius 1 is 1.17 bits per heavy atom. The van der Waals surface area contributed by atoms with Crippen molar-refractivity contribution in [2.75, 3.05) is 6.26 Å². The predicted molar refractivity (Wildman–Crippen MR) is 97.9 cm³/mol. The Kier molecular flexibility index (Phi) is 4.58. The maximum absolute atomic E-state index is 12.8. The lowest BCUT2D eigenvalue weighted by molar-refractivity contribution is 0.487. The number of aromatic nitrogens is 2. The van der Waals surface area contributed by atoms with Crippen LogP contribution < -0.4 is 5.56 Å². The topological polar surface area (TPSA) is 58.0 Å². The maximum atomic E-state index is 12.8. The molecule has 1 aliphatic rings. The molecule has 0 bridgehead atoms. The van der Waals surface area contributed by atoms with Gasteiger partial charge in [0.25, 0.3) is 0 Å². The van der Waals surface area contributed by atoms with Gasteiger partial charge >= 0.3 is 5.56 Å². The van der Waals surface area contributed by atoms with Crippen LogP contribution >= 0.6 is 0 Å². The van der Waals surface area contributed by atoms with Gasteiger partial charge in [-0.05, 0) is 35.0 Å². The summed E-state index contributed by atoms with van der Waals surface area (Å²) >= 11 is -1.37. The Morgan fingerprint density at radius 2 is 1.83 bits per heavy atom. The van der Waals surface area contributed by atoms with E-state index in [1.165, 1.54) is 5.56 Å². The van der Waals surface area contributed by atoms with Crippen molar-refractivity contribution < 1.29 is 4.55 Å². The van der Waals surface area contributed by atoms with Gasteiger partial charge in [0.05, 0.1) is 0 Å². The summed E-state index contributed by atoms with van der Waals surface area (Å²) in [7, 11) is 0. The lowest BCUT2D eigenvalue weighted by Gasteiger charge is -2.21. The molecule has 1 aromatic heterocycles. The minimum atomic E-state index is -1.37. The first-order chi connectivity index (χ1) is 11.3. The molecule has 0 radical (unpaired) electrons. The van der Waals surface area contributed by atoms with Crippen molar-refractivity contribution in [2.45, 2.75) is 56.9 Å². The molecule has 4 nitrogen and oxygen atoms in total. The van der Waals surface area contributed by atoms with Gasteiger partial charge in [-0.25, -0.2) is 4.98 Å². The summed E-state index contributed by atoms with van der Waals surface area (Å²) in [6.45, 7) is 7.17. The molecule has 0 saturated heterocycles. The zero-order valence-corrected chi connectivity index (χ0v) is 15.6. The van der Waals surface area contributed by atoms with Gasteiger partial charge in [0.1, 0.15) is 17.8 Å². The van der Waals surface area contributed by atoms with Gasteiger partial charge in [-0.3, -0.25) is 9.36 Å². The molecule has 1 aliphatic heterocycles. The number of fused-ring (bicyclic) bond motifs is 1. The van der Waals surface area contributed by atoms with Crippen LogP contribution in [0.4, 0.5) is 0 Å². The fourth-order valence-corrected chi connectivity index (χ4v) is 3.93. The number of benzene rings is 1. The first kappa shape index (κ1) is 17.2. The summed E-state index contributed by atoms with van der Waals surface area (Å²) in [6.07, 6.45) is 4.38. The van der Waals surface area contributed by atoms with E-state index in [-0.39, 0.29) is 11.0 Å². The van der Waals surface area contributed by atoms with Crippen LogP contribution in [0.15, 0.2) is 34.0 Å². The molecule has 1 atom stereocenters. The highest BCUT2D eigenvalue weighted by Crippen LogP contribution is 2.28. The van der Waals surface area contributed by atoms with E-state index in [4.69, 9.17) is 4.98 Å². The van der Waals surface area contributed by atoms with Crippen molar-refractivity contribution in [3.05, 3.63) is 46.0 Å². The number of rotatable bonds is 2. The summed E-state index contributed by atoms with van der Waals surface area (Å²) in [5.41, 5.74) is 2.59. The van der Waals surface area contributed by atoms with Crippen LogP contribution in [0, 0.1) is 0 Å². The van der Waals surface area contributed by atoms with Gasteiger partial charge in [-0.1, -0.05) is 45.0 Å². The fourth-order valence-electron chi connectivity index (χ4n) is 3.14. The molecule has 0 N–H and O–H groups in total. The molecule has 24 heavy (non-hydrogen) atoms. The van der Waals surface area contributed by atoms with E-state index in [2.05, 4.69) is 32.9 Å². The molecule has 2 heterocycles. The molecule has 3 rings (SSSR count). The Balaban J connectivity index is 2.16. The smallest absolute Gasteiger partial charge is 0.309 e. The lowest BCUT2D eigenvalue weighted by Crippen LogP contribution is -2.33. The molecule has 1 unspecified atom stereocenters. The van der Waals surface area contributed by atoms with E-state index in [0.29, 0.717) is 17.1 Å². The van der Waals surface area contributed by atoms with Crippen molar-refractivity contribution in [2.24, 2.45) is 0 Å². The molecular weight excluding hydrogens is 320 g/mol. The van der Waals surface area contributed by atoms with Crippen LogP contribution in [0.1, 0.15) is 45.0 Å². The third kappa shape index (κ3) is 3.15. The van der Waals surface area contributed by atoms with E-state index >= 15 is 0 Å². The van der Waals surface area contributed by atoms with E-state index < -0.39 is 11.2 Å². The van der Waals surface area contributed by atoms with Gasteiger partial charge in [-0.2, -0.15) is 0 Å². The van der Waals surface area contributed by atoms with Crippen LogP contribution in [0.3, 0.4) is 0 Å². The van der Waals surface area contributed by atoms with Gasteiger partial charge in [0, 0.05) is 18.5 Å². The Morgan fingerprint density at radius 3 is 2.42 bits per heavy atom. The zero-order valence-electron chi connectivity index (χ0n) is 14.8. The number of aryl methyl sites for hydroxylation is 1. The standard InChI is InChI=1S/C19H24N2O2S/c1-19(2,3)14-10-8-13(9-11-14)16-17(24(4)23)18(22)21-12-6-5-7-15(21)20-16/h8-11H,5-7,12H2,1-4H3. The number of hydrogen-bond acceptors (Lipinski definition) is 3. The normalized spacial score (nSPS) is 15.9. The molecule has 2 aromatic rings. The van der Waals surface area contributed by atoms with Gasteiger partial charge < -0.3 is 4.55 Å². The molecule has 1 aromatic carbocycles. The van der Waals surface area contributed by atoms with Gasteiger partial charge in [0.15, 0.2) is 0 Å². The molecule has 0 amide bonds. The molecule has 0 spiro atoms. The molecule has 0 aliphatic carbocycles. The molecule has 0 saturated carbocycles. The fraction of sp³-hybridized carbons (Fsp3) is 0.474. The second-order valence-electron chi connectivity index (χ2n) is 7.40.